The molecule has 0 spiro atoms. The van der Waals surface area contributed by atoms with Crippen molar-refractivity contribution in [3.05, 3.63) is 28.2 Å². The second-order valence-electron chi connectivity index (χ2n) is 7.72. The lowest BCUT2D eigenvalue weighted by atomic mass is 10.0. The molecule has 0 amide bonds. The predicted octanol–water partition coefficient (Wildman–Crippen LogP) is 4.10. The number of aliphatic imine (C=N–C) groups is 1. The number of carbonyl (C=O) groups is 1. The van der Waals surface area contributed by atoms with E-state index in [1.165, 1.54) is 0 Å². The van der Waals surface area contributed by atoms with E-state index >= 15 is 0 Å². The van der Waals surface area contributed by atoms with E-state index in [4.69, 9.17) is 38.0 Å². The van der Waals surface area contributed by atoms with Crippen molar-refractivity contribution < 1.29 is 14.6 Å². The van der Waals surface area contributed by atoms with E-state index in [0.717, 1.165) is 42.9 Å². The van der Waals surface area contributed by atoms with Crippen molar-refractivity contribution in [1.82, 2.24) is 4.98 Å². The summed E-state index contributed by atoms with van der Waals surface area (Å²) in [6, 6.07) is 5.93. The van der Waals surface area contributed by atoms with E-state index in [2.05, 4.69) is 27.8 Å². The van der Waals surface area contributed by atoms with Crippen molar-refractivity contribution in [3.63, 3.8) is 0 Å². The average molecular weight is 451 g/mol. The number of hydrogen-bond acceptors (Lipinski definition) is 6. The van der Waals surface area contributed by atoms with Crippen LogP contribution in [-0.2, 0) is 9.53 Å². The van der Waals surface area contributed by atoms with Gasteiger partial charge in [-0.15, -0.1) is 0 Å². The van der Waals surface area contributed by atoms with E-state index in [1.54, 1.807) is 6.07 Å². The molecule has 0 saturated carbocycles. The van der Waals surface area contributed by atoms with E-state index in [1.807, 2.05) is 12.4 Å². The van der Waals surface area contributed by atoms with Gasteiger partial charge in [0, 0.05) is 24.5 Å². The maximum absolute atomic E-state index is 10.8. The number of carboxylic acid groups (broad SMARTS) is 1. The molecule has 1 N–H and O–H groups in total. The Morgan fingerprint density at radius 3 is 2.90 bits per heavy atom. The molecular formula is C21H24Cl2N4O3. The van der Waals surface area contributed by atoms with Crippen LogP contribution in [0.25, 0.3) is 10.9 Å². The maximum atomic E-state index is 10.8. The van der Waals surface area contributed by atoms with Crippen LogP contribution in [0.5, 0.6) is 0 Å². The molecule has 160 valence electrons. The Morgan fingerprint density at radius 1 is 1.33 bits per heavy atom. The number of aromatic nitrogens is 1. The molecule has 2 aliphatic heterocycles. The van der Waals surface area contributed by atoms with E-state index in [0.29, 0.717) is 28.1 Å². The quantitative estimate of drug-likeness (QED) is 0.639. The van der Waals surface area contributed by atoms with Crippen LogP contribution < -0.4 is 9.80 Å². The Morgan fingerprint density at radius 2 is 2.17 bits per heavy atom. The minimum Gasteiger partial charge on any atom is -0.481 e. The first-order chi connectivity index (χ1) is 14.5. The summed E-state index contributed by atoms with van der Waals surface area (Å²) in [7, 11) is 0. The highest BCUT2D eigenvalue weighted by Gasteiger charge is 2.33. The van der Waals surface area contributed by atoms with Gasteiger partial charge in [0.2, 0.25) is 0 Å². The summed E-state index contributed by atoms with van der Waals surface area (Å²) in [5, 5.41) is 10.7. The molecule has 0 bridgehead atoms. The highest BCUT2D eigenvalue weighted by molar-refractivity contribution is 6.45. The van der Waals surface area contributed by atoms with Gasteiger partial charge >= 0.3 is 5.97 Å². The van der Waals surface area contributed by atoms with Gasteiger partial charge in [0.05, 0.1) is 59.8 Å². The van der Waals surface area contributed by atoms with Gasteiger partial charge < -0.3 is 19.6 Å². The first kappa shape index (κ1) is 21.2. The van der Waals surface area contributed by atoms with Crippen molar-refractivity contribution >= 4 is 57.9 Å². The third-order valence-electron chi connectivity index (χ3n) is 5.76. The second-order valence-corrected chi connectivity index (χ2v) is 8.50. The Hall–Kier alpha value is -2.09. The van der Waals surface area contributed by atoms with Crippen LogP contribution in [0.1, 0.15) is 19.8 Å². The standard InChI is InChI=1S/C21H24Cl2N4O3/c1-13-4-7-27(17(13)11-30-9-5-19(28)29)18-10-16(26-8-6-24-12-26)14-2-3-15(22)20(23)21(14)25-18/h2-3,10,12-13,17H,4-9,11H2,1H3,(H,28,29)/t13-,17+/m0/s1. The number of carboxylic acids is 1. The molecule has 7 nitrogen and oxygen atoms in total. The summed E-state index contributed by atoms with van der Waals surface area (Å²) < 4.78 is 5.68. The van der Waals surface area contributed by atoms with Gasteiger partial charge in [0.15, 0.2) is 0 Å². The van der Waals surface area contributed by atoms with Crippen LogP contribution in [0.2, 0.25) is 10.0 Å². The third-order valence-corrected chi connectivity index (χ3v) is 6.56. The molecule has 30 heavy (non-hydrogen) atoms. The first-order valence-corrected chi connectivity index (χ1v) is 10.8. The van der Waals surface area contributed by atoms with Gasteiger partial charge in [-0.1, -0.05) is 30.1 Å². The molecule has 0 radical (unpaired) electrons. The summed E-state index contributed by atoms with van der Waals surface area (Å²) in [4.78, 5) is 24.3. The van der Waals surface area contributed by atoms with Crippen LogP contribution in [-0.4, -0.2) is 61.3 Å². The molecule has 1 fully saturated rings. The summed E-state index contributed by atoms with van der Waals surface area (Å²) in [5.74, 6) is 0.364. The number of halogens is 2. The minimum absolute atomic E-state index is 0.00186. The number of benzene rings is 1. The highest BCUT2D eigenvalue weighted by Crippen LogP contribution is 2.39. The zero-order valence-corrected chi connectivity index (χ0v) is 18.2. The van der Waals surface area contributed by atoms with Gasteiger partial charge in [-0.2, -0.15) is 0 Å². The molecule has 0 unspecified atom stereocenters. The van der Waals surface area contributed by atoms with Crippen molar-refractivity contribution in [3.8, 4) is 0 Å². The number of anilines is 2. The normalized spacial score (nSPS) is 21.2. The van der Waals surface area contributed by atoms with Gasteiger partial charge in [0.25, 0.3) is 0 Å². The summed E-state index contributed by atoms with van der Waals surface area (Å²) in [5.41, 5.74) is 1.67. The Kier molecular flexibility index (Phi) is 6.32. The molecule has 0 aliphatic carbocycles. The molecule has 2 aliphatic rings. The molecule has 1 saturated heterocycles. The number of rotatable bonds is 7. The van der Waals surface area contributed by atoms with Crippen LogP contribution in [0.15, 0.2) is 23.2 Å². The van der Waals surface area contributed by atoms with Crippen molar-refractivity contribution in [2.75, 3.05) is 42.6 Å². The lowest BCUT2D eigenvalue weighted by molar-refractivity contribution is -0.138. The summed E-state index contributed by atoms with van der Waals surface area (Å²) >= 11 is 12.8. The fourth-order valence-electron chi connectivity index (χ4n) is 4.06. The lowest BCUT2D eigenvalue weighted by Gasteiger charge is -2.29. The fraction of sp³-hybridized carbons (Fsp3) is 0.476. The number of nitrogens with zero attached hydrogens (tertiary/aromatic N) is 4. The Balaban J connectivity index is 1.69. The fourth-order valence-corrected chi connectivity index (χ4v) is 4.42. The molecule has 4 rings (SSSR count). The zero-order valence-electron chi connectivity index (χ0n) is 16.7. The largest absolute Gasteiger partial charge is 0.481 e. The Labute approximate surface area is 185 Å². The van der Waals surface area contributed by atoms with E-state index in [9.17, 15) is 4.79 Å². The van der Waals surface area contributed by atoms with Crippen molar-refractivity contribution in [2.45, 2.75) is 25.8 Å². The summed E-state index contributed by atoms with van der Waals surface area (Å²) in [6.45, 7) is 5.24. The lowest BCUT2D eigenvalue weighted by Crippen LogP contribution is -2.37. The van der Waals surface area contributed by atoms with E-state index < -0.39 is 5.97 Å². The van der Waals surface area contributed by atoms with Gasteiger partial charge in [-0.3, -0.25) is 9.79 Å². The first-order valence-electron chi connectivity index (χ1n) is 10.1. The summed E-state index contributed by atoms with van der Waals surface area (Å²) in [6.07, 6.45) is 2.86. The monoisotopic (exact) mass is 450 g/mol. The van der Waals surface area contributed by atoms with E-state index in [-0.39, 0.29) is 19.1 Å². The van der Waals surface area contributed by atoms with Crippen LogP contribution in [0.3, 0.4) is 0 Å². The number of ether oxygens (including phenoxy) is 1. The number of hydrogen-bond donors (Lipinski definition) is 1. The van der Waals surface area contributed by atoms with Crippen LogP contribution in [0.4, 0.5) is 11.5 Å². The molecule has 3 heterocycles. The average Bonchev–Trinajstić information content (AvgIpc) is 3.38. The molecular weight excluding hydrogens is 427 g/mol. The second kappa shape index (κ2) is 8.96. The van der Waals surface area contributed by atoms with Crippen molar-refractivity contribution in [1.29, 1.82) is 0 Å². The Bertz CT molecular complexity index is 984. The van der Waals surface area contributed by atoms with Crippen LogP contribution in [0, 0.1) is 5.92 Å². The van der Waals surface area contributed by atoms with Crippen molar-refractivity contribution in [2.24, 2.45) is 10.9 Å². The SMILES string of the molecule is C[C@H]1CCN(c2cc(N3C=NCC3)c3ccc(Cl)c(Cl)c3n2)[C@@H]1COCCC(=O)O. The minimum atomic E-state index is -0.856. The predicted molar refractivity (Wildman–Crippen MR) is 120 cm³/mol. The number of fused-ring (bicyclic) bond motifs is 1. The zero-order chi connectivity index (χ0) is 21.3. The highest BCUT2D eigenvalue weighted by atomic mass is 35.5. The molecule has 2 aromatic rings. The molecule has 9 heteroatoms. The third kappa shape index (κ3) is 4.19. The maximum Gasteiger partial charge on any atom is 0.305 e. The van der Waals surface area contributed by atoms with Crippen LogP contribution >= 0.6 is 23.2 Å². The van der Waals surface area contributed by atoms with Gasteiger partial charge in [-0.05, 0) is 24.5 Å². The number of aliphatic carboxylic acids is 1. The number of pyridine rings is 1. The molecule has 1 aromatic heterocycles. The smallest absolute Gasteiger partial charge is 0.305 e. The molecule has 2 atom stereocenters. The van der Waals surface area contributed by atoms with Gasteiger partial charge in [0.1, 0.15) is 5.82 Å². The molecule has 1 aromatic carbocycles. The van der Waals surface area contributed by atoms with Gasteiger partial charge in [-0.25, -0.2) is 4.98 Å². The topological polar surface area (TPSA) is 78.3 Å².